The van der Waals surface area contributed by atoms with Gasteiger partial charge in [0.1, 0.15) is 0 Å². The van der Waals surface area contributed by atoms with Gasteiger partial charge in [-0.15, -0.1) is 0 Å². The highest BCUT2D eigenvalue weighted by atomic mass is 16.5. The predicted molar refractivity (Wildman–Crippen MR) is 52.0 cm³/mol. The third-order valence-corrected chi connectivity index (χ3v) is 2.46. The molecule has 0 saturated carbocycles. The lowest BCUT2D eigenvalue weighted by atomic mass is 10.3. The SMILES string of the molecule is COC(=O)CN1CCN(CCO)CC1. The number of piperazine rings is 1. The Balaban J connectivity index is 2.18. The Labute approximate surface area is 84.2 Å². The van der Waals surface area contributed by atoms with Crippen molar-refractivity contribution in [1.82, 2.24) is 9.80 Å². The Bertz CT molecular complexity index is 179. The maximum atomic E-state index is 11.0. The first-order valence-corrected chi connectivity index (χ1v) is 4.88. The van der Waals surface area contributed by atoms with E-state index in [-0.39, 0.29) is 12.6 Å². The van der Waals surface area contributed by atoms with Crippen LogP contribution in [0.15, 0.2) is 0 Å². The lowest BCUT2D eigenvalue weighted by Gasteiger charge is -2.33. The largest absolute Gasteiger partial charge is 0.468 e. The topological polar surface area (TPSA) is 53.0 Å². The molecule has 0 unspecified atom stereocenters. The smallest absolute Gasteiger partial charge is 0.319 e. The van der Waals surface area contributed by atoms with Gasteiger partial charge in [-0.3, -0.25) is 14.6 Å². The minimum atomic E-state index is -0.180. The molecule has 14 heavy (non-hydrogen) atoms. The third kappa shape index (κ3) is 3.61. The van der Waals surface area contributed by atoms with Gasteiger partial charge in [0.25, 0.3) is 0 Å². The molecule has 1 aliphatic rings. The van der Waals surface area contributed by atoms with E-state index >= 15 is 0 Å². The zero-order valence-corrected chi connectivity index (χ0v) is 8.61. The summed E-state index contributed by atoms with van der Waals surface area (Å²) in [7, 11) is 1.41. The lowest BCUT2D eigenvalue weighted by Crippen LogP contribution is -2.48. The Morgan fingerprint density at radius 2 is 1.86 bits per heavy atom. The zero-order chi connectivity index (χ0) is 10.4. The number of nitrogens with zero attached hydrogens (tertiary/aromatic N) is 2. The van der Waals surface area contributed by atoms with Crippen LogP contribution in [0, 0.1) is 0 Å². The van der Waals surface area contributed by atoms with E-state index in [9.17, 15) is 4.79 Å². The molecule has 0 aromatic heterocycles. The first kappa shape index (κ1) is 11.4. The standard InChI is InChI=1S/C9H18N2O3/c1-14-9(13)8-11-4-2-10(3-5-11)6-7-12/h12H,2-8H2,1H3. The van der Waals surface area contributed by atoms with Gasteiger partial charge in [0.2, 0.25) is 0 Å². The number of ether oxygens (including phenoxy) is 1. The average Bonchev–Trinajstić information content (AvgIpc) is 2.21. The number of esters is 1. The van der Waals surface area contributed by atoms with Gasteiger partial charge in [0.05, 0.1) is 20.3 Å². The predicted octanol–water partition coefficient (Wildman–Crippen LogP) is -1.23. The number of aliphatic hydroxyl groups is 1. The van der Waals surface area contributed by atoms with Crippen molar-refractivity contribution >= 4 is 5.97 Å². The molecule has 0 amide bonds. The highest BCUT2D eigenvalue weighted by molar-refractivity contribution is 5.71. The molecule has 0 bridgehead atoms. The third-order valence-electron chi connectivity index (χ3n) is 2.46. The minimum Gasteiger partial charge on any atom is -0.468 e. The number of β-amino-alcohol motifs (C(OH)–C–C–N with tert-alkyl or cyclic N) is 1. The molecule has 0 aromatic carbocycles. The Morgan fingerprint density at radius 3 is 2.36 bits per heavy atom. The van der Waals surface area contributed by atoms with Gasteiger partial charge in [-0.2, -0.15) is 0 Å². The van der Waals surface area contributed by atoms with Crippen molar-refractivity contribution in [2.45, 2.75) is 0 Å². The van der Waals surface area contributed by atoms with Crippen LogP contribution in [0.1, 0.15) is 0 Å². The maximum Gasteiger partial charge on any atom is 0.319 e. The molecule has 0 aromatic rings. The Hall–Kier alpha value is -0.650. The van der Waals surface area contributed by atoms with E-state index in [4.69, 9.17) is 5.11 Å². The van der Waals surface area contributed by atoms with E-state index < -0.39 is 0 Å². The molecule has 82 valence electrons. The molecule has 1 rings (SSSR count). The van der Waals surface area contributed by atoms with Crippen LogP contribution in [0.4, 0.5) is 0 Å². The minimum absolute atomic E-state index is 0.180. The molecule has 0 spiro atoms. The van der Waals surface area contributed by atoms with Crippen molar-refractivity contribution in [3.8, 4) is 0 Å². The number of methoxy groups -OCH3 is 1. The summed E-state index contributed by atoms with van der Waals surface area (Å²) < 4.78 is 4.59. The van der Waals surface area contributed by atoms with E-state index in [0.717, 1.165) is 32.7 Å². The number of carbonyl (C=O) groups is 1. The van der Waals surface area contributed by atoms with Crippen molar-refractivity contribution < 1.29 is 14.6 Å². The Morgan fingerprint density at radius 1 is 1.29 bits per heavy atom. The monoisotopic (exact) mass is 202 g/mol. The van der Waals surface area contributed by atoms with E-state index in [0.29, 0.717) is 6.54 Å². The maximum absolute atomic E-state index is 11.0. The van der Waals surface area contributed by atoms with Crippen molar-refractivity contribution in [1.29, 1.82) is 0 Å². The van der Waals surface area contributed by atoms with Crippen LogP contribution in [0.25, 0.3) is 0 Å². The fraction of sp³-hybridized carbons (Fsp3) is 0.889. The fourth-order valence-corrected chi connectivity index (χ4v) is 1.56. The fourth-order valence-electron chi connectivity index (χ4n) is 1.56. The van der Waals surface area contributed by atoms with E-state index in [1.807, 2.05) is 0 Å². The van der Waals surface area contributed by atoms with Crippen LogP contribution in [0.3, 0.4) is 0 Å². The van der Waals surface area contributed by atoms with Gasteiger partial charge in [0, 0.05) is 32.7 Å². The summed E-state index contributed by atoms with van der Waals surface area (Å²) in [5.74, 6) is -0.180. The highest BCUT2D eigenvalue weighted by Gasteiger charge is 2.18. The number of carbonyl (C=O) groups excluding carboxylic acids is 1. The van der Waals surface area contributed by atoms with Gasteiger partial charge in [-0.05, 0) is 0 Å². The van der Waals surface area contributed by atoms with Crippen molar-refractivity contribution in [3.63, 3.8) is 0 Å². The molecule has 1 N–H and O–H groups in total. The lowest BCUT2D eigenvalue weighted by molar-refractivity contribution is -0.142. The van der Waals surface area contributed by atoms with Crippen molar-refractivity contribution in [2.75, 3.05) is 53.0 Å². The van der Waals surface area contributed by atoms with E-state index in [2.05, 4.69) is 14.5 Å². The first-order chi connectivity index (χ1) is 6.76. The Kier molecular flexibility index (Phi) is 4.86. The van der Waals surface area contributed by atoms with Crippen LogP contribution < -0.4 is 0 Å². The normalized spacial score (nSPS) is 19.6. The number of rotatable bonds is 4. The summed E-state index contributed by atoms with van der Waals surface area (Å²) >= 11 is 0. The van der Waals surface area contributed by atoms with Gasteiger partial charge in [-0.1, -0.05) is 0 Å². The van der Waals surface area contributed by atoms with E-state index in [1.165, 1.54) is 7.11 Å². The number of aliphatic hydroxyl groups excluding tert-OH is 1. The molecule has 5 nitrogen and oxygen atoms in total. The molecule has 1 heterocycles. The van der Waals surface area contributed by atoms with Crippen LogP contribution in [0.5, 0.6) is 0 Å². The molecular weight excluding hydrogens is 184 g/mol. The van der Waals surface area contributed by atoms with Crippen LogP contribution >= 0.6 is 0 Å². The number of hydrogen-bond donors (Lipinski definition) is 1. The summed E-state index contributed by atoms with van der Waals surface area (Å²) in [5, 5.41) is 8.74. The second-order valence-electron chi connectivity index (χ2n) is 3.42. The second-order valence-corrected chi connectivity index (χ2v) is 3.42. The number of hydrogen-bond acceptors (Lipinski definition) is 5. The summed E-state index contributed by atoms with van der Waals surface area (Å²) in [6.45, 7) is 4.88. The van der Waals surface area contributed by atoms with Gasteiger partial charge in [-0.25, -0.2) is 0 Å². The summed E-state index contributed by atoms with van der Waals surface area (Å²) in [6.07, 6.45) is 0. The van der Waals surface area contributed by atoms with Gasteiger partial charge >= 0.3 is 5.97 Å². The summed E-state index contributed by atoms with van der Waals surface area (Å²) in [5.41, 5.74) is 0. The van der Waals surface area contributed by atoms with Gasteiger partial charge in [0.15, 0.2) is 0 Å². The van der Waals surface area contributed by atoms with Crippen LogP contribution in [0.2, 0.25) is 0 Å². The van der Waals surface area contributed by atoms with Crippen LogP contribution in [-0.2, 0) is 9.53 Å². The molecule has 1 aliphatic heterocycles. The molecule has 0 aliphatic carbocycles. The molecule has 1 saturated heterocycles. The first-order valence-electron chi connectivity index (χ1n) is 4.88. The quantitative estimate of drug-likeness (QED) is 0.578. The van der Waals surface area contributed by atoms with E-state index in [1.54, 1.807) is 0 Å². The van der Waals surface area contributed by atoms with Crippen molar-refractivity contribution in [2.24, 2.45) is 0 Å². The van der Waals surface area contributed by atoms with Gasteiger partial charge < -0.3 is 9.84 Å². The average molecular weight is 202 g/mol. The molecule has 1 fully saturated rings. The summed E-state index contributed by atoms with van der Waals surface area (Å²) in [6, 6.07) is 0. The highest BCUT2D eigenvalue weighted by Crippen LogP contribution is 2.00. The molecule has 5 heteroatoms. The van der Waals surface area contributed by atoms with Crippen molar-refractivity contribution in [3.05, 3.63) is 0 Å². The summed E-state index contributed by atoms with van der Waals surface area (Å²) in [4.78, 5) is 15.2. The zero-order valence-electron chi connectivity index (χ0n) is 8.61. The van der Waals surface area contributed by atoms with Crippen LogP contribution in [-0.4, -0.2) is 73.9 Å². The molecule has 0 atom stereocenters. The molecule has 0 radical (unpaired) electrons. The second kappa shape index (κ2) is 5.95. The molecular formula is C9H18N2O3.